The van der Waals surface area contributed by atoms with Crippen LogP contribution < -0.4 is 14.2 Å². The van der Waals surface area contributed by atoms with Gasteiger partial charge in [0.1, 0.15) is 6.61 Å². The minimum absolute atomic E-state index is 0.0359. The van der Waals surface area contributed by atoms with Crippen molar-refractivity contribution >= 4 is 53.5 Å². The fraction of sp³-hybridized carbons (Fsp3) is 0.0952. The Hall–Kier alpha value is -2.96. The topological polar surface area (TPSA) is 125 Å². The van der Waals surface area contributed by atoms with Crippen LogP contribution in [-0.4, -0.2) is 26.4 Å². The van der Waals surface area contributed by atoms with Crippen molar-refractivity contribution in [3.8, 4) is 11.5 Å². The lowest BCUT2D eigenvalue weighted by Crippen LogP contribution is -2.31. The molecule has 0 radical (unpaired) electrons. The quantitative estimate of drug-likeness (QED) is 0.290. The van der Waals surface area contributed by atoms with Crippen LogP contribution in [0.25, 0.3) is 0 Å². The SMILES string of the molecule is COc1cc(C(=O)NS(=O)(=O)c2ccc(Br)cc2[N+](=O)[O-])ccc1OCc1ccc(Br)cc1. The van der Waals surface area contributed by atoms with Crippen molar-refractivity contribution in [3.63, 3.8) is 0 Å². The summed E-state index contributed by atoms with van der Waals surface area (Å²) in [7, 11) is -3.14. The Labute approximate surface area is 206 Å². The number of rotatable bonds is 8. The summed E-state index contributed by atoms with van der Waals surface area (Å²) in [5.41, 5.74) is 0.203. The lowest BCUT2D eigenvalue weighted by Gasteiger charge is -2.13. The molecule has 0 aliphatic rings. The van der Waals surface area contributed by atoms with Crippen LogP contribution in [0.3, 0.4) is 0 Å². The first kappa shape index (κ1) is 24.7. The smallest absolute Gasteiger partial charge is 0.291 e. The summed E-state index contributed by atoms with van der Waals surface area (Å²) >= 11 is 6.42. The van der Waals surface area contributed by atoms with Crippen molar-refractivity contribution in [3.05, 3.63) is 90.9 Å². The Kier molecular flexibility index (Phi) is 7.72. The number of sulfonamides is 1. The molecule has 0 aliphatic carbocycles. The minimum Gasteiger partial charge on any atom is -0.493 e. The highest BCUT2D eigenvalue weighted by Gasteiger charge is 2.28. The molecule has 0 spiro atoms. The van der Waals surface area contributed by atoms with Crippen LogP contribution >= 0.6 is 31.9 Å². The zero-order valence-corrected chi connectivity index (χ0v) is 20.9. The fourth-order valence-corrected chi connectivity index (χ4v) is 4.51. The van der Waals surface area contributed by atoms with Gasteiger partial charge in [0.15, 0.2) is 16.4 Å². The van der Waals surface area contributed by atoms with Gasteiger partial charge in [0, 0.05) is 20.6 Å². The third-order valence-corrected chi connectivity index (χ3v) is 6.77. The summed E-state index contributed by atoms with van der Waals surface area (Å²) in [5.74, 6) is -0.417. The second kappa shape index (κ2) is 10.3. The van der Waals surface area contributed by atoms with Crippen LogP contribution in [0, 0.1) is 10.1 Å². The number of nitrogens with zero attached hydrogens (tertiary/aromatic N) is 1. The number of carbonyl (C=O) groups is 1. The van der Waals surface area contributed by atoms with Crippen LogP contribution in [0.4, 0.5) is 5.69 Å². The minimum atomic E-state index is -4.52. The molecule has 33 heavy (non-hydrogen) atoms. The number of methoxy groups -OCH3 is 1. The molecule has 0 saturated heterocycles. The molecule has 3 rings (SSSR count). The molecule has 12 heteroatoms. The van der Waals surface area contributed by atoms with Crippen molar-refractivity contribution < 1.29 is 27.6 Å². The number of benzene rings is 3. The molecular formula is C21H16Br2N2O7S. The average Bonchev–Trinajstić information content (AvgIpc) is 2.78. The van der Waals surface area contributed by atoms with Crippen LogP contribution in [0.5, 0.6) is 11.5 Å². The highest BCUT2D eigenvalue weighted by molar-refractivity contribution is 9.10. The van der Waals surface area contributed by atoms with Crippen molar-refractivity contribution in [1.29, 1.82) is 0 Å². The summed E-state index contributed by atoms with van der Waals surface area (Å²) < 4.78 is 39.4. The highest BCUT2D eigenvalue weighted by atomic mass is 79.9. The fourth-order valence-electron chi connectivity index (χ4n) is 2.77. The average molecular weight is 600 g/mol. The van der Waals surface area contributed by atoms with E-state index in [4.69, 9.17) is 9.47 Å². The van der Waals surface area contributed by atoms with Gasteiger partial charge < -0.3 is 9.47 Å². The van der Waals surface area contributed by atoms with Gasteiger partial charge in [0.05, 0.1) is 12.0 Å². The normalized spacial score (nSPS) is 11.0. The third-order valence-electron chi connectivity index (χ3n) is 4.37. The Bertz CT molecular complexity index is 1310. The van der Waals surface area contributed by atoms with Gasteiger partial charge >= 0.3 is 0 Å². The summed E-state index contributed by atoms with van der Waals surface area (Å²) in [6.45, 7) is 0.247. The summed E-state index contributed by atoms with van der Waals surface area (Å²) in [6, 6.07) is 15.1. The van der Waals surface area contributed by atoms with E-state index in [2.05, 4.69) is 31.9 Å². The maximum atomic E-state index is 12.6. The van der Waals surface area contributed by atoms with Crippen molar-refractivity contribution in [1.82, 2.24) is 4.72 Å². The lowest BCUT2D eigenvalue weighted by atomic mass is 10.2. The summed E-state index contributed by atoms with van der Waals surface area (Å²) in [4.78, 5) is 22.4. The number of nitro benzene ring substituents is 1. The predicted molar refractivity (Wildman–Crippen MR) is 127 cm³/mol. The molecule has 0 heterocycles. The molecule has 1 N–H and O–H groups in total. The van der Waals surface area contributed by atoms with E-state index in [1.807, 2.05) is 29.0 Å². The van der Waals surface area contributed by atoms with E-state index in [-0.39, 0.29) is 17.9 Å². The second-order valence-corrected chi connectivity index (χ2v) is 10.1. The van der Waals surface area contributed by atoms with Gasteiger partial charge in [-0.15, -0.1) is 0 Å². The molecular weight excluding hydrogens is 584 g/mol. The van der Waals surface area contributed by atoms with Gasteiger partial charge in [-0.25, -0.2) is 13.1 Å². The van der Waals surface area contributed by atoms with Crippen LogP contribution in [0.15, 0.2) is 74.5 Å². The Morgan fingerprint density at radius 3 is 2.30 bits per heavy atom. The largest absolute Gasteiger partial charge is 0.493 e. The van der Waals surface area contributed by atoms with E-state index in [9.17, 15) is 23.3 Å². The number of amides is 1. The van der Waals surface area contributed by atoms with Gasteiger partial charge in [0.2, 0.25) is 0 Å². The highest BCUT2D eigenvalue weighted by Crippen LogP contribution is 2.30. The van der Waals surface area contributed by atoms with E-state index in [1.54, 1.807) is 0 Å². The van der Waals surface area contributed by atoms with Crippen molar-refractivity contribution in [2.24, 2.45) is 0 Å². The number of nitrogens with one attached hydrogen (secondary N) is 1. The monoisotopic (exact) mass is 598 g/mol. The van der Waals surface area contributed by atoms with Gasteiger partial charge in [-0.2, -0.15) is 0 Å². The van der Waals surface area contributed by atoms with Crippen LogP contribution in [0.2, 0.25) is 0 Å². The molecule has 0 fully saturated rings. The van der Waals surface area contributed by atoms with Crippen LogP contribution in [0.1, 0.15) is 15.9 Å². The predicted octanol–water partition coefficient (Wildman–Crippen LogP) is 4.83. The molecule has 0 bridgehead atoms. The number of hydrogen-bond acceptors (Lipinski definition) is 7. The van der Waals surface area contributed by atoms with Gasteiger partial charge in [0.25, 0.3) is 21.6 Å². The van der Waals surface area contributed by atoms with Gasteiger partial charge in [-0.3, -0.25) is 14.9 Å². The third kappa shape index (κ3) is 6.09. The number of hydrogen-bond donors (Lipinski definition) is 1. The molecule has 1 amide bonds. The summed E-state index contributed by atoms with van der Waals surface area (Å²) in [5, 5.41) is 11.3. The lowest BCUT2D eigenvalue weighted by molar-refractivity contribution is -0.387. The van der Waals surface area contributed by atoms with E-state index < -0.39 is 31.4 Å². The molecule has 9 nitrogen and oxygen atoms in total. The second-order valence-electron chi connectivity index (χ2n) is 6.58. The molecule has 3 aromatic carbocycles. The van der Waals surface area contributed by atoms with Crippen molar-refractivity contribution in [2.75, 3.05) is 7.11 Å². The standard InChI is InChI=1S/C21H16Br2N2O7S/c1-31-19-10-14(4-8-18(19)32-12-13-2-5-15(22)6-3-13)21(26)24-33(29,30)20-9-7-16(23)11-17(20)25(27)28/h2-11H,12H2,1H3,(H,24,26). The van der Waals surface area contributed by atoms with Gasteiger partial charge in [-0.1, -0.05) is 44.0 Å². The van der Waals surface area contributed by atoms with E-state index in [0.29, 0.717) is 10.2 Å². The zero-order valence-electron chi connectivity index (χ0n) is 16.9. The maximum Gasteiger partial charge on any atom is 0.291 e. The molecule has 0 aromatic heterocycles. The first-order valence-electron chi connectivity index (χ1n) is 9.17. The number of halogens is 2. The van der Waals surface area contributed by atoms with E-state index >= 15 is 0 Å². The van der Waals surface area contributed by atoms with E-state index in [1.165, 1.54) is 31.4 Å². The number of ether oxygens (including phenoxy) is 2. The molecule has 0 atom stereocenters. The van der Waals surface area contributed by atoms with Crippen molar-refractivity contribution in [2.45, 2.75) is 11.5 Å². The molecule has 172 valence electrons. The number of carbonyl (C=O) groups excluding carboxylic acids is 1. The Morgan fingerprint density at radius 1 is 1.00 bits per heavy atom. The van der Waals surface area contributed by atoms with Crippen LogP contribution in [-0.2, 0) is 16.6 Å². The summed E-state index contributed by atoms with van der Waals surface area (Å²) in [6.07, 6.45) is 0. The van der Waals surface area contributed by atoms with Gasteiger partial charge in [-0.05, 0) is 48.0 Å². The molecule has 0 saturated carbocycles. The molecule has 3 aromatic rings. The number of nitro groups is 1. The first-order chi connectivity index (χ1) is 15.6. The maximum absolute atomic E-state index is 12.6. The van der Waals surface area contributed by atoms with E-state index in [0.717, 1.165) is 22.2 Å². The zero-order chi connectivity index (χ0) is 24.2. The molecule has 0 unspecified atom stereocenters. The Morgan fingerprint density at radius 2 is 1.67 bits per heavy atom. The molecule has 0 aliphatic heterocycles. The Balaban J connectivity index is 1.80. The first-order valence-corrected chi connectivity index (χ1v) is 12.2.